The van der Waals surface area contributed by atoms with Crippen molar-refractivity contribution in [2.24, 2.45) is 5.92 Å². The lowest BCUT2D eigenvalue weighted by molar-refractivity contribution is -0.141. The van der Waals surface area contributed by atoms with Crippen molar-refractivity contribution in [2.45, 2.75) is 19.3 Å². The van der Waals surface area contributed by atoms with Crippen LogP contribution in [0.3, 0.4) is 0 Å². The molecule has 6 heteroatoms. The maximum absolute atomic E-state index is 11.8. The molecule has 2 amide bonds. The number of ether oxygens (including phenoxy) is 1. The molecule has 1 aliphatic carbocycles. The van der Waals surface area contributed by atoms with E-state index in [-0.39, 0.29) is 17.1 Å². The zero-order valence-corrected chi connectivity index (χ0v) is 11.9. The molecule has 1 saturated heterocycles. The highest BCUT2D eigenvalue weighted by molar-refractivity contribution is 8.18. The third-order valence-corrected chi connectivity index (χ3v) is 4.27. The Morgan fingerprint density at radius 3 is 2.76 bits per heavy atom. The molecule has 1 saturated carbocycles. The van der Waals surface area contributed by atoms with Crippen LogP contribution in [0.1, 0.15) is 24.8 Å². The molecular weight excluding hydrogens is 290 g/mol. The topological polar surface area (TPSA) is 72.5 Å². The van der Waals surface area contributed by atoms with Crippen LogP contribution in [0.2, 0.25) is 0 Å². The van der Waals surface area contributed by atoms with Gasteiger partial charge in [0.1, 0.15) is 5.75 Å². The van der Waals surface area contributed by atoms with Crippen molar-refractivity contribution in [1.29, 1.82) is 0 Å². The summed E-state index contributed by atoms with van der Waals surface area (Å²) in [5, 5.41) is 1.82. The maximum Gasteiger partial charge on any atom is 0.314 e. The summed E-state index contributed by atoms with van der Waals surface area (Å²) in [6.07, 6.45) is 4.46. The van der Waals surface area contributed by atoms with Crippen molar-refractivity contribution < 1.29 is 19.1 Å². The molecule has 108 valence electrons. The van der Waals surface area contributed by atoms with Crippen LogP contribution in [0.15, 0.2) is 29.2 Å². The average molecular weight is 303 g/mol. The van der Waals surface area contributed by atoms with Gasteiger partial charge in [-0.3, -0.25) is 19.7 Å². The second-order valence-corrected chi connectivity index (χ2v) is 5.99. The highest BCUT2D eigenvalue weighted by atomic mass is 32.2. The quantitative estimate of drug-likeness (QED) is 0.528. The van der Waals surface area contributed by atoms with E-state index in [1.807, 2.05) is 0 Å². The van der Waals surface area contributed by atoms with Crippen molar-refractivity contribution in [3.8, 4) is 5.75 Å². The van der Waals surface area contributed by atoms with Gasteiger partial charge in [0, 0.05) is 0 Å². The van der Waals surface area contributed by atoms with Gasteiger partial charge in [-0.2, -0.15) is 0 Å². The van der Waals surface area contributed by atoms with E-state index >= 15 is 0 Å². The van der Waals surface area contributed by atoms with E-state index in [4.69, 9.17) is 4.74 Å². The minimum Gasteiger partial charge on any atom is -0.426 e. The molecule has 0 spiro atoms. The van der Waals surface area contributed by atoms with Gasteiger partial charge in [0.05, 0.1) is 10.8 Å². The van der Waals surface area contributed by atoms with E-state index < -0.39 is 5.91 Å². The van der Waals surface area contributed by atoms with Crippen LogP contribution in [0.5, 0.6) is 5.75 Å². The summed E-state index contributed by atoms with van der Waals surface area (Å²) in [6, 6.07) is 6.91. The molecule has 0 radical (unpaired) electrons. The molecule has 0 atom stereocenters. The fraction of sp³-hybridized carbons (Fsp3) is 0.267. The van der Waals surface area contributed by atoms with Gasteiger partial charge in [-0.25, -0.2) is 0 Å². The standard InChI is InChI=1S/C15H13NO4S/c17-13-12(21-15(19)16-13)8-9-3-1-6-11(7-9)20-14(18)10-4-2-5-10/h1,3,6-8,10H,2,4-5H2,(H,16,17,19)/b12-8-. The predicted molar refractivity (Wildman–Crippen MR) is 78.5 cm³/mol. The first-order valence-corrected chi connectivity index (χ1v) is 7.50. The zero-order valence-electron chi connectivity index (χ0n) is 11.1. The lowest BCUT2D eigenvalue weighted by Crippen LogP contribution is -2.26. The molecular formula is C15H13NO4S. The van der Waals surface area contributed by atoms with E-state index in [9.17, 15) is 14.4 Å². The van der Waals surface area contributed by atoms with Crippen molar-refractivity contribution in [3.05, 3.63) is 34.7 Å². The Labute approximate surface area is 125 Å². The average Bonchev–Trinajstić information content (AvgIpc) is 2.65. The second kappa shape index (κ2) is 5.73. The Bertz CT molecular complexity index is 649. The number of esters is 1. The number of imide groups is 1. The first-order valence-electron chi connectivity index (χ1n) is 6.68. The molecule has 1 N–H and O–H groups in total. The van der Waals surface area contributed by atoms with Crippen LogP contribution < -0.4 is 10.1 Å². The van der Waals surface area contributed by atoms with Crippen LogP contribution in [0.4, 0.5) is 4.79 Å². The summed E-state index contributed by atoms with van der Waals surface area (Å²) >= 11 is 0.860. The fourth-order valence-electron chi connectivity index (χ4n) is 2.08. The number of carbonyl (C=O) groups excluding carboxylic acids is 3. The number of benzene rings is 1. The number of thioether (sulfide) groups is 1. The summed E-state index contributed by atoms with van der Waals surface area (Å²) in [5.74, 6) is -0.132. The van der Waals surface area contributed by atoms with Gasteiger partial charge in [0.15, 0.2) is 0 Å². The van der Waals surface area contributed by atoms with Crippen LogP contribution in [-0.4, -0.2) is 17.1 Å². The zero-order chi connectivity index (χ0) is 14.8. The molecule has 5 nitrogen and oxygen atoms in total. The third-order valence-electron chi connectivity index (χ3n) is 3.45. The Kier molecular flexibility index (Phi) is 3.79. The highest BCUT2D eigenvalue weighted by Crippen LogP contribution is 2.29. The fourth-order valence-corrected chi connectivity index (χ4v) is 2.77. The Morgan fingerprint density at radius 1 is 1.33 bits per heavy atom. The van der Waals surface area contributed by atoms with E-state index in [1.54, 1.807) is 30.3 Å². The molecule has 1 aromatic rings. The molecule has 0 bridgehead atoms. The van der Waals surface area contributed by atoms with Crippen LogP contribution in [-0.2, 0) is 9.59 Å². The Balaban J connectivity index is 1.74. The molecule has 2 aliphatic rings. The van der Waals surface area contributed by atoms with Crippen molar-refractivity contribution >= 4 is 35.0 Å². The summed E-state index contributed by atoms with van der Waals surface area (Å²) < 4.78 is 5.33. The van der Waals surface area contributed by atoms with Gasteiger partial charge in [-0.1, -0.05) is 18.6 Å². The predicted octanol–water partition coefficient (Wildman–Crippen LogP) is 2.72. The minimum atomic E-state index is -0.401. The van der Waals surface area contributed by atoms with Crippen LogP contribution in [0.25, 0.3) is 6.08 Å². The van der Waals surface area contributed by atoms with Crippen LogP contribution in [0, 0.1) is 5.92 Å². The maximum atomic E-state index is 11.8. The third kappa shape index (κ3) is 3.16. The van der Waals surface area contributed by atoms with Crippen molar-refractivity contribution in [1.82, 2.24) is 5.32 Å². The summed E-state index contributed by atoms with van der Waals surface area (Å²) in [6.45, 7) is 0. The van der Waals surface area contributed by atoms with Gasteiger partial charge < -0.3 is 4.74 Å². The van der Waals surface area contributed by atoms with Gasteiger partial charge in [-0.05, 0) is 48.4 Å². The van der Waals surface area contributed by atoms with Crippen LogP contribution >= 0.6 is 11.8 Å². The molecule has 1 aromatic carbocycles. The summed E-state index contributed by atoms with van der Waals surface area (Å²) in [4.78, 5) is 34.7. The normalized spacial score (nSPS) is 20.3. The summed E-state index contributed by atoms with van der Waals surface area (Å²) in [5.41, 5.74) is 0.709. The van der Waals surface area contributed by atoms with E-state index in [2.05, 4.69) is 5.32 Å². The van der Waals surface area contributed by atoms with Crippen molar-refractivity contribution in [2.75, 3.05) is 0 Å². The molecule has 21 heavy (non-hydrogen) atoms. The first kappa shape index (κ1) is 13.9. The lowest BCUT2D eigenvalue weighted by atomic mass is 9.86. The van der Waals surface area contributed by atoms with E-state index in [0.717, 1.165) is 31.0 Å². The monoisotopic (exact) mass is 303 g/mol. The van der Waals surface area contributed by atoms with Gasteiger partial charge in [0.2, 0.25) is 0 Å². The molecule has 1 aliphatic heterocycles. The summed E-state index contributed by atoms with van der Waals surface area (Å²) in [7, 11) is 0. The smallest absolute Gasteiger partial charge is 0.314 e. The van der Waals surface area contributed by atoms with Gasteiger partial charge in [0.25, 0.3) is 11.1 Å². The largest absolute Gasteiger partial charge is 0.426 e. The highest BCUT2D eigenvalue weighted by Gasteiger charge is 2.27. The Hall–Kier alpha value is -2.08. The second-order valence-electron chi connectivity index (χ2n) is 4.97. The molecule has 2 fully saturated rings. The SMILES string of the molecule is O=C1NC(=O)/C(=C/c2cccc(OC(=O)C3CCC3)c2)S1. The van der Waals surface area contributed by atoms with Gasteiger partial charge >= 0.3 is 5.97 Å². The number of carbonyl (C=O) groups is 3. The number of hydrogen-bond donors (Lipinski definition) is 1. The number of hydrogen-bond acceptors (Lipinski definition) is 5. The number of amides is 2. The minimum absolute atomic E-state index is 0.0146. The van der Waals surface area contributed by atoms with E-state index in [1.165, 1.54) is 0 Å². The van der Waals surface area contributed by atoms with Gasteiger partial charge in [-0.15, -0.1) is 0 Å². The molecule has 0 aromatic heterocycles. The first-order chi connectivity index (χ1) is 10.1. The number of nitrogens with one attached hydrogen (secondary N) is 1. The molecule has 3 rings (SSSR count). The van der Waals surface area contributed by atoms with Crippen molar-refractivity contribution in [3.63, 3.8) is 0 Å². The lowest BCUT2D eigenvalue weighted by Gasteiger charge is -2.22. The molecule has 0 unspecified atom stereocenters. The van der Waals surface area contributed by atoms with E-state index in [0.29, 0.717) is 16.2 Å². The number of rotatable bonds is 3. The Morgan fingerprint density at radius 2 is 2.14 bits per heavy atom. The molecule has 1 heterocycles.